The summed E-state index contributed by atoms with van der Waals surface area (Å²) < 4.78 is 0. The molecule has 0 saturated carbocycles. The van der Waals surface area contributed by atoms with Crippen LogP contribution in [0.25, 0.3) is 0 Å². The molecule has 1 aromatic heterocycles. The molecule has 16 heavy (non-hydrogen) atoms. The Hall–Kier alpha value is -0.610. The van der Waals surface area contributed by atoms with Gasteiger partial charge in [-0.25, -0.2) is 4.98 Å². The van der Waals surface area contributed by atoms with E-state index in [0.29, 0.717) is 22.2 Å². The summed E-state index contributed by atoms with van der Waals surface area (Å²) in [5.41, 5.74) is 1.77. The van der Waals surface area contributed by atoms with Crippen molar-refractivity contribution >= 4 is 34.5 Å². The van der Waals surface area contributed by atoms with Crippen LogP contribution in [0, 0.1) is 0 Å². The molecule has 0 aliphatic rings. The van der Waals surface area contributed by atoms with Crippen molar-refractivity contribution in [1.82, 2.24) is 4.98 Å². The van der Waals surface area contributed by atoms with Crippen molar-refractivity contribution in [3.63, 3.8) is 0 Å². The number of hydrogen-bond donors (Lipinski definition) is 1. The van der Waals surface area contributed by atoms with Crippen molar-refractivity contribution < 1.29 is 5.11 Å². The van der Waals surface area contributed by atoms with E-state index in [9.17, 15) is 0 Å². The van der Waals surface area contributed by atoms with Gasteiger partial charge < -0.3 is 5.11 Å². The number of aliphatic hydroxyl groups excluding tert-OH is 1. The lowest BCUT2D eigenvalue weighted by Gasteiger charge is -2.00. The van der Waals surface area contributed by atoms with Gasteiger partial charge >= 0.3 is 0 Å². The number of aromatic nitrogens is 1. The van der Waals surface area contributed by atoms with Gasteiger partial charge in [0.05, 0.1) is 27.4 Å². The Morgan fingerprint density at radius 1 is 1.25 bits per heavy atom. The standard InChI is InChI=1S/C11H9Cl2NOS/c12-9-2-1-7(3-10(9)13)4-11-14-8(5-15)6-16-11/h1-3,6,15H,4-5H2. The summed E-state index contributed by atoms with van der Waals surface area (Å²) in [5.74, 6) is 0. The average Bonchev–Trinajstić information content (AvgIpc) is 2.71. The van der Waals surface area contributed by atoms with Gasteiger partial charge in [0.1, 0.15) is 0 Å². The summed E-state index contributed by atoms with van der Waals surface area (Å²) in [5, 5.41) is 12.8. The van der Waals surface area contributed by atoms with Gasteiger partial charge in [0.25, 0.3) is 0 Å². The van der Waals surface area contributed by atoms with Gasteiger partial charge in [-0.3, -0.25) is 0 Å². The maximum atomic E-state index is 8.90. The fraction of sp³-hybridized carbons (Fsp3) is 0.182. The van der Waals surface area contributed by atoms with Crippen LogP contribution in [0.15, 0.2) is 23.6 Å². The Labute approximate surface area is 107 Å². The lowest BCUT2D eigenvalue weighted by atomic mass is 10.2. The molecule has 0 atom stereocenters. The second kappa shape index (κ2) is 5.15. The van der Waals surface area contributed by atoms with Gasteiger partial charge in [0, 0.05) is 11.8 Å². The molecule has 0 radical (unpaired) electrons. The molecule has 0 fully saturated rings. The smallest absolute Gasteiger partial charge is 0.0973 e. The molecule has 1 N–H and O–H groups in total. The number of hydrogen-bond acceptors (Lipinski definition) is 3. The number of rotatable bonds is 3. The van der Waals surface area contributed by atoms with E-state index in [-0.39, 0.29) is 6.61 Å². The van der Waals surface area contributed by atoms with Crippen LogP contribution in [-0.4, -0.2) is 10.1 Å². The zero-order valence-electron chi connectivity index (χ0n) is 8.28. The normalized spacial score (nSPS) is 10.7. The first-order valence-electron chi connectivity index (χ1n) is 4.67. The first-order chi connectivity index (χ1) is 7.69. The molecule has 84 valence electrons. The first kappa shape index (κ1) is 11.9. The SMILES string of the molecule is OCc1csc(Cc2ccc(Cl)c(Cl)c2)n1. The fourth-order valence-corrected chi connectivity index (χ4v) is 2.47. The summed E-state index contributed by atoms with van der Waals surface area (Å²) in [6.45, 7) is -0.0160. The Balaban J connectivity index is 2.17. The van der Waals surface area contributed by atoms with Crippen molar-refractivity contribution in [2.75, 3.05) is 0 Å². The average molecular weight is 274 g/mol. The minimum Gasteiger partial charge on any atom is -0.390 e. The zero-order chi connectivity index (χ0) is 11.5. The molecule has 0 amide bonds. The highest BCUT2D eigenvalue weighted by molar-refractivity contribution is 7.09. The molecular formula is C11H9Cl2NOS. The van der Waals surface area contributed by atoms with Crippen LogP contribution >= 0.6 is 34.5 Å². The van der Waals surface area contributed by atoms with Crippen LogP contribution < -0.4 is 0 Å². The topological polar surface area (TPSA) is 33.1 Å². The van der Waals surface area contributed by atoms with E-state index in [1.54, 1.807) is 6.07 Å². The number of halogens is 2. The van der Waals surface area contributed by atoms with Gasteiger partial charge in [-0.2, -0.15) is 0 Å². The summed E-state index contributed by atoms with van der Waals surface area (Å²) >= 11 is 13.3. The molecule has 0 aliphatic heterocycles. The van der Waals surface area contributed by atoms with Crippen molar-refractivity contribution in [2.45, 2.75) is 13.0 Å². The molecular weight excluding hydrogens is 265 g/mol. The highest BCUT2D eigenvalue weighted by Crippen LogP contribution is 2.24. The minimum atomic E-state index is -0.0160. The third kappa shape index (κ3) is 2.74. The van der Waals surface area contributed by atoms with E-state index in [1.165, 1.54) is 11.3 Å². The first-order valence-corrected chi connectivity index (χ1v) is 6.30. The van der Waals surface area contributed by atoms with Crippen LogP contribution in [0.5, 0.6) is 0 Å². The Bertz CT molecular complexity index is 498. The van der Waals surface area contributed by atoms with E-state index in [2.05, 4.69) is 4.98 Å². The summed E-state index contributed by atoms with van der Waals surface area (Å²) in [6, 6.07) is 5.54. The third-order valence-corrected chi connectivity index (χ3v) is 3.74. The highest BCUT2D eigenvalue weighted by Gasteiger charge is 2.04. The van der Waals surface area contributed by atoms with Gasteiger partial charge in [0.15, 0.2) is 0 Å². The molecule has 2 rings (SSSR count). The van der Waals surface area contributed by atoms with Crippen LogP contribution in [-0.2, 0) is 13.0 Å². The number of thiazole rings is 1. The molecule has 5 heteroatoms. The molecule has 0 unspecified atom stereocenters. The van der Waals surface area contributed by atoms with Crippen molar-refractivity contribution in [3.05, 3.63) is 49.9 Å². The number of nitrogens with zero attached hydrogens (tertiary/aromatic N) is 1. The van der Waals surface area contributed by atoms with E-state index in [1.807, 2.05) is 17.5 Å². The summed E-state index contributed by atoms with van der Waals surface area (Å²) in [7, 11) is 0. The predicted octanol–water partition coefficient (Wildman–Crippen LogP) is 3.53. The predicted molar refractivity (Wildman–Crippen MR) is 67.3 cm³/mol. The second-order valence-corrected chi connectivity index (χ2v) is 5.07. The van der Waals surface area contributed by atoms with Gasteiger partial charge in [0.2, 0.25) is 0 Å². The largest absolute Gasteiger partial charge is 0.390 e. The van der Waals surface area contributed by atoms with E-state index < -0.39 is 0 Å². The maximum absolute atomic E-state index is 8.90. The van der Waals surface area contributed by atoms with E-state index in [4.69, 9.17) is 28.3 Å². The highest BCUT2D eigenvalue weighted by atomic mass is 35.5. The van der Waals surface area contributed by atoms with Gasteiger partial charge in [-0.15, -0.1) is 11.3 Å². The monoisotopic (exact) mass is 273 g/mol. The number of aliphatic hydroxyl groups is 1. The molecule has 0 spiro atoms. The van der Waals surface area contributed by atoms with Crippen LogP contribution in [0.4, 0.5) is 0 Å². The molecule has 1 aromatic carbocycles. The Morgan fingerprint density at radius 3 is 2.69 bits per heavy atom. The van der Waals surface area contributed by atoms with E-state index >= 15 is 0 Å². The molecule has 0 saturated heterocycles. The lowest BCUT2D eigenvalue weighted by Crippen LogP contribution is -1.89. The quantitative estimate of drug-likeness (QED) is 0.928. The minimum absolute atomic E-state index is 0.0160. The second-order valence-electron chi connectivity index (χ2n) is 3.32. The summed E-state index contributed by atoms with van der Waals surface area (Å²) in [6.07, 6.45) is 0.710. The number of benzene rings is 1. The van der Waals surface area contributed by atoms with Crippen LogP contribution in [0.2, 0.25) is 10.0 Å². The Kier molecular flexibility index (Phi) is 3.82. The van der Waals surface area contributed by atoms with Crippen molar-refractivity contribution in [1.29, 1.82) is 0 Å². The third-order valence-electron chi connectivity index (χ3n) is 2.10. The molecule has 1 heterocycles. The molecule has 2 nitrogen and oxygen atoms in total. The van der Waals surface area contributed by atoms with Crippen molar-refractivity contribution in [2.24, 2.45) is 0 Å². The van der Waals surface area contributed by atoms with Crippen LogP contribution in [0.3, 0.4) is 0 Å². The zero-order valence-corrected chi connectivity index (χ0v) is 10.6. The van der Waals surface area contributed by atoms with Gasteiger partial charge in [-0.05, 0) is 17.7 Å². The van der Waals surface area contributed by atoms with Crippen LogP contribution in [0.1, 0.15) is 16.3 Å². The van der Waals surface area contributed by atoms with Crippen molar-refractivity contribution in [3.8, 4) is 0 Å². The van der Waals surface area contributed by atoms with Gasteiger partial charge in [-0.1, -0.05) is 29.3 Å². The Morgan fingerprint density at radius 2 is 2.06 bits per heavy atom. The molecule has 0 bridgehead atoms. The molecule has 0 aliphatic carbocycles. The van der Waals surface area contributed by atoms with E-state index in [0.717, 1.165) is 10.6 Å². The molecule has 2 aromatic rings. The lowest BCUT2D eigenvalue weighted by molar-refractivity contribution is 0.277. The maximum Gasteiger partial charge on any atom is 0.0973 e. The fourth-order valence-electron chi connectivity index (χ4n) is 1.33. The summed E-state index contributed by atoms with van der Waals surface area (Å²) in [4.78, 5) is 4.27.